The number of carbonyl (C=O) groups is 1. The van der Waals surface area contributed by atoms with E-state index in [0.29, 0.717) is 18.9 Å². The zero-order valence-corrected chi connectivity index (χ0v) is 7.82. The molecule has 3 rings (SSSR count). The van der Waals surface area contributed by atoms with E-state index in [1.54, 1.807) is 6.08 Å². The van der Waals surface area contributed by atoms with Crippen molar-refractivity contribution in [1.82, 2.24) is 0 Å². The summed E-state index contributed by atoms with van der Waals surface area (Å²) in [5, 5.41) is 9.16. The number of ketones is 1. The van der Waals surface area contributed by atoms with Gasteiger partial charge in [-0.1, -0.05) is 0 Å². The van der Waals surface area contributed by atoms with Crippen molar-refractivity contribution in [2.45, 2.75) is 19.3 Å². The molecule has 0 radical (unpaired) electrons. The monoisotopic (exact) mass is 189 g/mol. The molecule has 1 saturated heterocycles. The van der Waals surface area contributed by atoms with Crippen molar-refractivity contribution in [2.75, 3.05) is 6.61 Å². The molecule has 2 aliphatic carbocycles. The molecule has 2 fully saturated rings. The average molecular weight is 189 g/mol. The summed E-state index contributed by atoms with van der Waals surface area (Å²) in [5.74, 6) is 1.64. The third-order valence-corrected chi connectivity index (χ3v) is 3.77. The Hall–Kier alpha value is -1.30. The molecular weight excluding hydrogens is 178 g/mol. The van der Waals surface area contributed by atoms with Crippen LogP contribution in [-0.4, -0.2) is 12.4 Å². The highest BCUT2D eigenvalue weighted by molar-refractivity contribution is 5.92. The number of hydrogen-bond acceptors (Lipinski definition) is 3. The number of nitrogens with zero attached hydrogens (tertiary/aromatic N) is 1. The van der Waals surface area contributed by atoms with E-state index in [1.165, 1.54) is 0 Å². The maximum absolute atomic E-state index is 11.4. The van der Waals surface area contributed by atoms with Crippen molar-refractivity contribution in [1.29, 1.82) is 5.26 Å². The highest BCUT2D eigenvalue weighted by Gasteiger charge is 2.60. The van der Waals surface area contributed by atoms with E-state index in [1.807, 2.05) is 0 Å². The van der Waals surface area contributed by atoms with Crippen LogP contribution in [0.4, 0.5) is 0 Å². The van der Waals surface area contributed by atoms with Crippen LogP contribution < -0.4 is 0 Å². The average Bonchev–Trinajstić information content (AvgIpc) is 2.14. The van der Waals surface area contributed by atoms with E-state index in [9.17, 15) is 4.79 Å². The first-order valence-electron chi connectivity index (χ1n) is 5.04. The number of carbonyl (C=O) groups excluding carboxylic acids is 1. The van der Waals surface area contributed by atoms with Crippen LogP contribution in [-0.2, 0) is 9.53 Å². The van der Waals surface area contributed by atoms with E-state index in [-0.39, 0.29) is 11.7 Å². The predicted octanol–water partition coefficient (Wildman–Crippen LogP) is 1.41. The minimum Gasteiger partial charge on any atom is -0.497 e. The number of nitriles is 1. The number of rotatable bonds is 0. The van der Waals surface area contributed by atoms with Crippen molar-refractivity contribution < 1.29 is 9.53 Å². The zero-order valence-electron chi connectivity index (χ0n) is 7.82. The van der Waals surface area contributed by atoms with Crippen LogP contribution in [0.15, 0.2) is 11.8 Å². The van der Waals surface area contributed by atoms with Crippen LogP contribution in [0.25, 0.3) is 0 Å². The highest BCUT2D eigenvalue weighted by Crippen LogP contribution is 2.61. The fourth-order valence-corrected chi connectivity index (χ4v) is 3.18. The third-order valence-electron chi connectivity index (χ3n) is 3.77. The van der Waals surface area contributed by atoms with Crippen molar-refractivity contribution >= 4 is 5.78 Å². The number of ether oxygens (including phenoxy) is 1. The molecule has 3 atom stereocenters. The summed E-state index contributed by atoms with van der Waals surface area (Å²) in [6, 6.07) is 2.33. The quantitative estimate of drug-likeness (QED) is 0.579. The molecule has 0 aromatic carbocycles. The molecule has 0 spiro atoms. The molecule has 1 heterocycles. The fourth-order valence-electron chi connectivity index (χ4n) is 3.18. The first-order chi connectivity index (χ1) is 6.75. The second-order valence-electron chi connectivity index (χ2n) is 4.54. The Morgan fingerprint density at radius 2 is 2.50 bits per heavy atom. The van der Waals surface area contributed by atoms with Crippen LogP contribution in [0.2, 0.25) is 0 Å². The molecule has 3 nitrogen and oxygen atoms in total. The van der Waals surface area contributed by atoms with Gasteiger partial charge >= 0.3 is 0 Å². The molecular formula is C11H11NO2. The van der Waals surface area contributed by atoms with Gasteiger partial charge in [0.1, 0.15) is 5.76 Å². The van der Waals surface area contributed by atoms with Crippen molar-refractivity contribution in [3.63, 3.8) is 0 Å². The first-order valence-corrected chi connectivity index (χ1v) is 5.04. The first kappa shape index (κ1) is 8.05. The van der Waals surface area contributed by atoms with Gasteiger partial charge < -0.3 is 4.74 Å². The standard InChI is InChI=1S/C11H11NO2/c12-6-11-4-7-1-2-14-9(10(7)11)3-8(13)5-11/h3,7,10H,1-2,4-5H2/t7-,10+,11+/m0/s1. The molecule has 3 heteroatoms. The molecule has 1 saturated carbocycles. The summed E-state index contributed by atoms with van der Waals surface area (Å²) in [6.45, 7) is 0.710. The number of hydrogen-bond donors (Lipinski definition) is 0. The van der Waals surface area contributed by atoms with Crippen LogP contribution in [0, 0.1) is 28.6 Å². The molecule has 1 aliphatic heterocycles. The van der Waals surface area contributed by atoms with Gasteiger partial charge in [-0.05, 0) is 18.8 Å². The summed E-state index contributed by atoms with van der Waals surface area (Å²) in [7, 11) is 0. The minimum absolute atomic E-state index is 0.0538. The Labute approximate surface area is 82.3 Å². The van der Waals surface area contributed by atoms with Gasteiger partial charge in [-0.2, -0.15) is 5.26 Å². The normalized spacial score (nSPS) is 43.9. The lowest BCUT2D eigenvalue weighted by Crippen LogP contribution is -2.53. The molecule has 0 aromatic heterocycles. The van der Waals surface area contributed by atoms with Gasteiger partial charge in [0, 0.05) is 18.4 Å². The summed E-state index contributed by atoms with van der Waals surface area (Å²) in [6.07, 6.45) is 3.93. The van der Waals surface area contributed by atoms with Crippen molar-refractivity contribution in [2.24, 2.45) is 17.3 Å². The SMILES string of the molecule is N#C[C@]12CC(=O)C=C3OCC[C@@H](C1)[C@H]32. The number of allylic oxidation sites excluding steroid dienone is 2. The molecule has 0 N–H and O–H groups in total. The smallest absolute Gasteiger partial charge is 0.160 e. The third kappa shape index (κ3) is 0.790. The lowest BCUT2D eigenvalue weighted by molar-refractivity contribution is -0.128. The summed E-state index contributed by atoms with van der Waals surface area (Å²) >= 11 is 0. The largest absolute Gasteiger partial charge is 0.497 e. The van der Waals surface area contributed by atoms with E-state index in [0.717, 1.165) is 18.6 Å². The molecule has 0 bridgehead atoms. The summed E-state index contributed by atoms with van der Waals surface area (Å²) in [5.41, 5.74) is -0.410. The van der Waals surface area contributed by atoms with Crippen molar-refractivity contribution in [3.8, 4) is 6.07 Å². The Kier molecular flexibility index (Phi) is 1.37. The molecule has 72 valence electrons. The van der Waals surface area contributed by atoms with Gasteiger partial charge in [-0.15, -0.1) is 0 Å². The summed E-state index contributed by atoms with van der Waals surface area (Å²) < 4.78 is 5.47. The Balaban J connectivity index is 2.05. The second-order valence-corrected chi connectivity index (χ2v) is 4.54. The fraction of sp³-hybridized carbons (Fsp3) is 0.636. The minimum atomic E-state index is -0.410. The van der Waals surface area contributed by atoms with Gasteiger partial charge in [0.15, 0.2) is 5.78 Å². The Morgan fingerprint density at radius 1 is 1.64 bits per heavy atom. The van der Waals surface area contributed by atoms with Gasteiger partial charge in [0.2, 0.25) is 0 Å². The summed E-state index contributed by atoms with van der Waals surface area (Å²) in [4.78, 5) is 11.4. The molecule has 0 unspecified atom stereocenters. The van der Waals surface area contributed by atoms with E-state index >= 15 is 0 Å². The van der Waals surface area contributed by atoms with E-state index in [2.05, 4.69) is 6.07 Å². The molecule has 0 amide bonds. The maximum atomic E-state index is 11.4. The second kappa shape index (κ2) is 2.38. The maximum Gasteiger partial charge on any atom is 0.160 e. The van der Waals surface area contributed by atoms with Crippen LogP contribution in [0.5, 0.6) is 0 Å². The highest BCUT2D eigenvalue weighted by atomic mass is 16.5. The van der Waals surface area contributed by atoms with E-state index < -0.39 is 5.41 Å². The molecule has 14 heavy (non-hydrogen) atoms. The van der Waals surface area contributed by atoms with Gasteiger partial charge in [0.05, 0.1) is 18.1 Å². The Bertz CT molecular complexity index is 379. The lowest BCUT2D eigenvalue weighted by Gasteiger charge is -2.55. The Morgan fingerprint density at radius 3 is 3.29 bits per heavy atom. The van der Waals surface area contributed by atoms with E-state index in [4.69, 9.17) is 10.00 Å². The van der Waals surface area contributed by atoms with Gasteiger partial charge in [0.25, 0.3) is 0 Å². The van der Waals surface area contributed by atoms with Crippen LogP contribution >= 0.6 is 0 Å². The van der Waals surface area contributed by atoms with Crippen molar-refractivity contribution in [3.05, 3.63) is 11.8 Å². The zero-order chi connectivity index (χ0) is 9.76. The molecule has 3 aliphatic rings. The topological polar surface area (TPSA) is 50.1 Å². The van der Waals surface area contributed by atoms with Gasteiger partial charge in [-0.3, -0.25) is 4.79 Å². The van der Waals surface area contributed by atoms with Crippen LogP contribution in [0.3, 0.4) is 0 Å². The van der Waals surface area contributed by atoms with Crippen LogP contribution in [0.1, 0.15) is 19.3 Å². The molecule has 0 aromatic rings. The van der Waals surface area contributed by atoms with Gasteiger partial charge in [-0.25, -0.2) is 0 Å². The lowest BCUT2D eigenvalue weighted by atomic mass is 9.49. The predicted molar refractivity (Wildman–Crippen MR) is 47.9 cm³/mol.